The fraction of sp³-hybridized carbons (Fsp3) is 0.611. The van der Waals surface area contributed by atoms with Gasteiger partial charge in [-0.2, -0.15) is 0 Å². The summed E-state index contributed by atoms with van der Waals surface area (Å²) >= 11 is 0. The number of halogens is 1. The molecule has 1 aromatic rings. The van der Waals surface area contributed by atoms with Gasteiger partial charge in [0.1, 0.15) is 4.90 Å². The largest absolute Gasteiger partial charge is 0.355 e. The number of amides is 1. The zero-order valence-corrected chi connectivity index (χ0v) is 20.2. The Bertz CT molecular complexity index is 810. The molecule has 1 saturated heterocycles. The molecule has 12 heteroatoms. The van der Waals surface area contributed by atoms with Crippen molar-refractivity contribution in [1.82, 2.24) is 30.1 Å². The Morgan fingerprint density at radius 3 is 2.57 bits per heavy atom. The number of hydrogen-bond acceptors (Lipinski definition) is 6. The second-order valence-electron chi connectivity index (χ2n) is 7.17. The summed E-state index contributed by atoms with van der Waals surface area (Å²) < 4.78 is 26.9. The minimum absolute atomic E-state index is 0. The van der Waals surface area contributed by atoms with Crippen molar-refractivity contribution in [1.29, 1.82) is 0 Å². The van der Waals surface area contributed by atoms with Gasteiger partial charge < -0.3 is 15.5 Å². The van der Waals surface area contributed by atoms with E-state index in [0.717, 1.165) is 45.0 Å². The number of nitrogens with zero attached hydrogens (tertiary/aromatic N) is 4. The molecule has 30 heavy (non-hydrogen) atoms. The van der Waals surface area contributed by atoms with Crippen molar-refractivity contribution in [2.24, 2.45) is 4.99 Å². The number of guanidine groups is 1. The lowest BCUT2D eigenvalue weighted by atomic mass is 10.3. The lowest BCUT2D eigenvalue weighted by Gasteiger charge is -2.36. The lowest BCUT2D eigenvalue weighted by molar-refractivity contribution is -0.122. The second-order valence-corrected chi connectivity index (χ2v) is 8.93. The highest BCUT2D eigenvalue weighted by Gasteiger charge is 2.25. The number of sulfonamides is 1. The molecule has 1 aliphatic carbocycles. The molecule has 0 aromatic carbocycles. The molecule has 3 N–H and O–H groups in total. The maximum absolute atomic E-state index is 12.2. The first-order valence-corrected chi connectivity index (χ1v) is 11.3. The third-order valence-corrected chi connectivity index (χ3v) is 6.28. The summed E-state index contributed by atoms with van der Waals surface area (Å²) in [6.07, 6.45) is 5.04. The first-order valence-electron chi connectivity index (χ1n) is 9.85. The van der Waals surface area contributed by atoms with Gasteiger partial charge in [-0.15, -0.1) is 24.0 Å². The van der Waals surface area contributed by atoms with Crippen LogP contribution in [0.15, 0.2) is 34.4 Å². The third kappa shape index (κ3) is 7.63. The van der Waals surface area contributed by atoms with E-state index in [1.165, 1.54) is 18.5 Å². The summed E-state index contributed by atoms with van der Waals surface area (Å²) in [4.78, 5) is 24.4. The molecule has 2 aliphatic rings. The average Bonchev–Trinajstić information content (AvgIpc) is 3.53. The zero-order valence-electron chi connectivity index (χ0n) is 17.1. The molecule has 168 valence electrons. The average molecular weight is 551 g/mol. The number of aromatic nitrogens is 1. The molecule has 1 aromatic heterocycles. The lowest BCUT2D eigenvalue weighted by Crippen LogP contribution is -2.54. The molecule has 2 heterocycles. The van der Waals surface area contributed by atoms with Gasteiger partial charge in [-0.05, 0) is 25.0 Å². The summed E-state index contributed by atoms with van der Waals surface area (Å²) in [5, 5.41) is 6.20. The topological polar surface area (TPSA) is 119 Å². The quantitative estimate of drug-likeness (QED) is 0.172. The van der Waals surface area contributed by atoms with E-state index < -0.39 is 10.0 Å². The predicted octanol–water partition coefficient (Wildman–Crippen LogP) is -0.550. The standard InChI is InChI=1S/C18H29N7O3S.HI/c1-19-18(21-7-8-22-29(27,28)16-3-2-6-20-13-16)25-11-9-24(10-12-25)14-17(26)23-15-4-5-15;/h2-3,6,13,15,22H,4-5,7-12,14H2,1H3,(H,19,21)(H,23,26);1H. The summed E-state index contributed by atoms with van der Waals surface area (Å²) in [6.45, 7) is 4.18. The van der Waals surface area contributed by atoms with Crippen LogP contribution in [0.5, 0.6) is 0 Å². The van der Waals surface area contributed by atoms with Crippen LogP contribution in [-0.2, 0) is 14.8 Å². The molecule has 0 unspecified atom stereocenters. The van der Waals surface area contributed by atoms with Crippen LogP contribution in [0, 0.1) is 0 Å². The SMILES string of the molecule is CN=C(NCCNS(=O)(=O)c1cccnc1)N1CCN(CC(=O)NC2CC2)CC1.I. The highest BCUT2D eigenvalue weighted by molar-refractivity contribution is 14.0. The normalized spacial score (nSPS) is 17.9. The zero-order chi connectivity index (χ0) is 20.7. The van der Waals surface area contributed by atoms with E-state index in [4.69, 9.17) is 0 Å². The van der Waals surface area contributed by atoms with Crippen molar-refractivity contribution < 1.29 is 13.2 Å². The Kier molecular flexibility index (Phi) is 9.71. The van der Waals surface area contributed by atoms with Crippen molar-refractivity contribution >= 4 is 45.9 Å². The Balaban J connectivity index is 0.00000320. The van der Waals surface area contributed by atoms with E-state index in [9.17, 15) is 13.2 Å². The molecule has 0 radical (unpaired) electrons. The second kappa shape index (κ2) is 11.8. The number of hydrogen-bond donors (Lipinski definition) is 3. The van der Waals surface area contributed by atoms with Crippen LogP contribution in [0.1, 0.15) is 12.8 Å². The molecule has 3 rings (SSSR count). The molecule has 10 nitrogen and oxygen atoms in total. The molecule has 1 saturated carbocycles. The number of rotatable bonds is 8. The summed E-state index contributed by atoms with van der Waals surface area (Å²) in [7, 11) is -1.86. The first kappa shape index (κ1) is 24.8. The van der Waals surface area contributed by atoms with Crippen LogP contribution in [0.4, 0.5) is 0 Å². The Labute approximate surface area is 195 Å². The van der Waals surface area contributed by atoms with Crippen molar-refractivity contribution in [3.05, 3.63) is 24.5 Å². The molecule has 0 bridgehead atoms. The number of carbonyl (C=O) groups excluding carboxylic acids is 1. The van der Waals surface area contributed by atoms with E-state index in [1.807, 2.05) is 0 Å². The maximum atomic E-state index is 12.2. The van der Waals surface area contributed by atoms with Crippen LogP contribution in [0.3, 0.4) is 0 Å². The number of nitrogens with one attached hydrogen (secondary N) is 3. The van der Waals surface area contributed by atoms with Crippen LogP contribution in [-0.4, -0.2) is 94.0 Å². The molecular formula is C18H30IN7O3S. The first-order chi connectivity index (χ1) is 14.0. The van der Waals surface area contributed by atoms with Crippen molar-refractivity contribution in [2.75, 3.05) is 52.9 Å². The van der Waals surface area contributed by atoms with Gasteiger partial charge in [0, 0.05) is 64.8 Å². The van der Waals surface area contributed by atoms with Crippen LogP contribution >= 0.6 is 24.0 Å². The van der Waals surface area contributed by atoms with Crippen molar-refractivity contribution in [2.45, 2.75) is 23.8 Å². The van der Waals surface area contributed by atoms with Gasteiger partial charge in [0.25, 0.3) is 0 Å². The fourth-order valence-corrected chi connectivity index (χ4v) is 4.10. The highest BCUT2D eigenvalue weighted by Crippen LogP contribution is 2.18. The van der Waals surface area contributed by atoms with Gasteiger partial charge in [-0.3, -0.25) is 19.7 Å². The molecule has 2 fully saturated rings. The van der Waals surface area contributed by atoms with E-state index in [2.05, 4.69) is 35.1 Å². The van der Waals surface area contributed by atoms with Crippen LogP contribution < -0.4 is 15.4 Å². The van der Waals surface area contributed by atoms with Gasteiger partial charge >= 0.3 is 0 Å². The van der Waals surface area contributed by atoms with E-state index in [-0.39, 0.29) is 41.3 Å². The van der Waals surface area contributed by atoms with Crippen molar-refractivity contribution in [3.63, 3.8) is 0 Å². The number of aliphatic imine (C=N–C) groups is 1. The smallest absolute Gasteiger partial charge is 0.242 e. The maximum Gasteiger partial charge on any atom is 0.242 e. The van der Waals surface area contributed by atoms with Gasteiger partial charge in [-0.25, -0.2) is 13.1 Å². The molecule has 0 spiro atoms. The Hall–Kier alpha value is -1.51. The predicted molar refractivity (Wildman–Crippen MR) is 125 cm³/mol. The van der Waals surface area contributed by atoms with E-state index in [0.29, 0.717) is 19.1 Å². The molecular weight excluding hydrogens is 521 g/mol. The third-order valence-electron chi connectivity index (χ3n) is 4.84. The summed E-state index contributed by atoms with van der Waals surface area (Å²) in [5.74, 6) is 0.831. The molecule has 1 amide bonds. The fourth-order valence-electron chi connectivity index (χ4n) is 3.10. The van der Waals surface area contributed by atoms with Crippen molar-refractivity contribution in [3.8, 4) is 0 Å². The van der Waals surface area contributed by atoms with Crippen LogP contribution in [0.25, 0.3) is 0 Å². The number of carbonyl (C=O) groups is 1. The van der Waals surface area contributed by atoms with Gasteiger partial charge in [0.2, 0.25) is 15.9 Å². The molecule has 0 atom stereocenters. The monoisotopic (exact) mass is 551 g/mol. The number of pyridine rings is 1. The minimum Gasteiger partial charge on any atom is -0.355 e. The summed E-state index contributed by atoms with van der Waals surface area (Å²) in [6, 6.07) is 3.48. The van der Waals surface area contributed by atoms with E-state index >= 15 is 0 Å². The van der Waals surface area contributed by atoms with Gasteiger partial charge in [-0.1, -0.05) is 0 Å². The Morgan fingerprint density at radius 1 is 1.23 bits per heavy atom. The molecule has 1 aliphatic heterocycles. The Morgan fingerprint density at radius 2 is 1.97 bits per heavy atom. The van der Waals surface area contributed by atoms with Gasteiger partial charge in [0.05, 0.1) is 6.54 Å². The minimum atomic E-state index is -3.56. The number of piperazine rings is 1. The summed E-state index contributed by atoms with van der Waals surface area (Å²) in [5.41, 5.74) is 0. The van der Waals surface area contributed by atoms with Gasteiger partial charge in [0.15, 0.2) is 5.96 Å². The highest BCUT2D eigenvalue weighted by atomic mass is 127. The van der Waals surface area contributed by atoms with Crippen LogP contribution in [0.2, 0.25) is 0 Å². The van der Waals surface area contributed by atoms with E-state index in [1.54, 1.807) is 13.1 Å².